The van der Waals surface area contributed by atoms with E-state index in [4.69, 9.17) is 0 Å². The number of hydrogen-bond acceptors (Lipinski definition) is 3. The topological polar surface area (TPSA) is 44.1 Å². The molecule has 22 heavy (non-hydrogen) atoms. The van der Waals surface area contributed by atoms with Crippen molar-refractivity contribution >= 4 is 12.0 Å². The zero-order valence-corrected chi connectivity index (χ0v) is 11.9. The van der Waals surface area contributed by atoms with Crippen LogP contribution < -0.4 is 0 Å². The van der Waals surface area contributed by atoms with Crippen LogP contribution >= 0.6 is 0 Å². The SMILES string of the molecule is C=Cc1cc(-c2nc(C(F)(F)F)cn2C)ccc1C(=O)OC. The molecule has 7 heteroatoms. The summed E-state index contributed by atoms with van der Waals surface area (Å²) in [5.74, 6) is -0.399. The number of esters is 1. The molecule has 116 valence electrons. The van der Waals surface area contributed by atoms with Crippen molar-refractivity contribution in [2.75, 3.05) is 7.11 Å². The number of methoxy groups -OCH3 is 1. The number of carbonyl (C=O) groups excluding carboxylic acids is 1. The van der Waals surface area contributed by atoms with Gasteiger partial charge in [0.05, 0.1) is 12.7 Å². The molecule has 0 amide bonds. The van der Waals surface area contributed by atoms with Gasteiger partial charge in [-0.2, -0.15) is 13.2 Å². The minimum absolute atomic E-state index is 0.145. The Morgan fingerprint density at radius 1 is 1.41 bits per heavy atom. The number of aryl methyl sites for hydroxylation is 1. The molecule has 0 aliphatic rings. The van der Waals surface area contributed by atoms with Gasteiger partial charge in [-0.05, 0) is 17.7 Å². The monoisotopic (exact) mass is 310 g/mol. The predicted molar refractivity (Wildman–Crippen MR) is 75.1 cm³/mol. The van der Waals surface area contributed by atoms with Crippen molar-refractivity contribution in [1.29, 1.82) is 0 Å². The Kier molecular flexibility index (Phi) is 4.07. The summed E-state index contributed by atoms with van der Waals surface area (Å²) in [6.45, 7) is 3.59. The van der Waals surface area contributed by atoms with Crippen LogP contribution in [0.3, 0.4) is 0 Å². The van der Waals surface area contributed by atoms with Gasteiger partial charge in [-0.1, -0.05) is 18.7 Å². The number of rotatable bonds is 3. The van der Waals surface area contributed by atoms with E-state index in [0.717, 1.165) is 6.20 Å². The quantitative estimate of drug-likeness (QED) is 0.815. The summed E-state index contributed by atoms with van der Waals surface area (Å²) < 4.78 is 44.0. The average Bonchev–Trinajstić information content (AvgIpc) is 2.88. The summed E-state index contributed by atoms with van der Waals surface area (Å²) in [6, 6.07) is 4.53. The Labute approximate surface area is 124 Å². The highest BCUT2D eigenvalue weighted by molar-refractivity contribution is 5.94. The van der Waals surface area contributed by atoms with Gasteiger partial charge < -0.3 is 9.30 Å². The van der Waals surface area contributed by atoms with E-state index < -0.39 is 17.8 Å². The van der Waals surface area contributed by atoms with E-state index in [1.54, 1.807) is 6.07 Å². The van der Waals surface area contributed by atoms with E-state index in [1.165, 1.54) is 36.9 Å². The minimum atomic E-state index is -4.51. The van der Waals surface area contributed by atoms with Crippen molar-refractivity contribution in [1.82, 2.24) is 9.55 Å². The minimum Gasteiger partial charge on any atom is -0.465 e. The lowest BCUT2D eigenvalue weighted by Crippen LogP contribution is -2.05. The number of aromatic nitrogens is 2. The van der Waals surface area contributed by atoms with Crippen LogP contribution in [0.15, 0.2) is 31.0 Å². The first kappa shape index (κ1) is 15.8. The summed E-state index contributed by atoms with van der Waals surface area (Å²) in [5.41, 5.74) is 0.218. The number of nitrogens with zero attached hydrogens (tertiary/aromatic N) is 2. The third-order valence-electron chi connectivity index (χ3n) is 3.10. The van der Waals surface area contributed by atoms with Crippen LogP contribution in [0.4, 0.5) is 13.2 Å². The normalized spacial score (nSPS) is 11.3. The lowest BCUT2D eigenvalue weighted by atomic mass is 10.0. The molecule has 0 N–H and O–H groups in total. The highest BCUT2D eigenvalue weighted by Crippen LogP contribution is 2.31. The van der Waals surface area contributed by atoms with Crippen LogP contribution in [0.5, 0.6) is 0 Å². The van der Waals surface area contributed by atoms with E-state index in [1.807, 2.05) is 0 Å². The third-order valence-corrected chi connectivity index (χ3v) is 3.10. The second-order valence-electron chi connectivity index (χ2n) is 4.56. The fourth-order valence-corrected chi connectivity index (χ4v) is 2.04. The summed E-state index contributed by atoms with van der Waals surface area (Å²) in [6.07, 6.45) is -2.16. The number of alkyl halides is 3. The second-order valence-corrected chi connectivity index (χ2v) is 4.56. The number of benzene rings is 1. The number of halogens is 3. The molecule has 0 radical (unpaired) electrons. The Morgan fingerprint density at radius 2 is 2.09 bits per heavy atom. The smallest absolute Gasteiger partial charge is 0.434 e. The Bertz CT molecular complexity index is 733. The molecule has 0 atom stereocenters. The number of carbonyl (C=O) groups is 1. The van der Waals surface area contributed by atoms with Crippen molar-refractivity contribution in [3.05, 3.63) is 47.8 Å². The number of hydrogen-bond donors (Lipinski definition) is 0. The lowest BCUT2D eigenvalue weighted by Gasteiger charge is -2.07. The van der Waals surface area contributed by atoms with Crippen LogP contribution in [0.2, 0.25) is 0 Å². The van der Waals surface area contributed by atoms with Gasteiger partial charge in [0.25, 0.3) is 0 Å². The molecule has 2 rings (SSSR count). The maximum absolute atomic E-state index is 12.7. The van der Waals surface area contributed by atoms with Crippen LogP contribution in [0.25, 0.3) is 17.5 Å². The number of ether oxygens (including phenoxy) is 1. The molecule has 4 nitrogen and oxygen atoms in total. The van der Waals surface area contributed by atoms with Crippen molar-refractivity contribution in [3.63, 3.8) is 0 Å². The molecule has 0 saturated heterocycles. The molecule has 0 saturated carbocycles. The predicted octanol–water partition coefficient (Wildman–Crippen LogP) is 3.54. The molecule has 0 spiro atoms. The van der Waals surface area contributed by atoms with Gasteiger partial charge >= 0.3 is 12.1 Å². The van der Waals surface area contributed by atoms with Gasteiger partial charge in [0.1, 0.15) is 5.82 Å². The van der Waals surface area contributed by atoms with E-state index in [0.29, 0.717) is 11.1 Å². The maximum atomic E-state index is 12.7. The molecule has 0 aliphatic heterocycles. The molecule has 1 aromatic heterocycles. The van der Waals surface area contributed by atoms with Gasteiger partial charge in [-0.15, -0.1) is 0 Å². The summed E-state index contributed by atoms with van der Waals surface area (Å²) in [7, 11) is 2.72. The number of imidazole rings is 1. The zero-order valence-electron chi connectivity index (χ0n) is 11.9. The third kappa shape index (κ3) is 2.88. The molecule has 0 unspecified atom stereocenters. The van der Waals surface area contributed by atoms with Crippen LogP contribution in [0.1, 0.15) is 21.6 Å². The first-order valence-corrected chi connectivity index (χ1v) is 6.23. The van der Waals surface area contributed by atoms with Crippen molar-refractivity contribution in [3.8, 4) is 11.4 Å². The molecule has 0 fully saturated rings. The van der Waals surface area contributed by atoms with Gasteiger partial charge in [0.2, 0.25) is 0 Å². The van der Waals surface area contributed by atoms with Crippen molar-refractivity contribution in [2.45, 2.75) is 6.18 Å². The van der Waals surface area contributed by atoms with Crippen LogP contribution in [-0.4, -0.2) is 22.6 Å². The molecule has 1 aromatic carbocycles. The molecular formula is C15H13F3N2O2. The van der Waals surface area contributed by atoms with Gasteiger partial charge in [-0.3, -0.25) is 0 Å². The fourth-order valence-electron chi connectivity index (χ4n) is 2.04. The highest BCUT2D eigenvalue weighted by Gasteiger charge is 2.34. The van der Waals surface area contributed by atoms with E-state index >= 15 is 0 Å². The largest absolute Gasteiger partial charge is 0.465 e. The van der Waals surface area contributed by atoms with Gasteiger partial charge in [-0.25, -0.2) is 9.78 Å². The second kappa shape index (κ2) is 5.67. The van der Waals surface area contributed by atoms with Gasteiger partial charge in [0, 0.05) is 18.8 Å². The standard InChI is InChI=1S/C15H13F3N2O2/c1-4-9-7-10(5-6-11(9)14(21)22-3)13-19-12(8-20(13)2)15(16,17)18/h4-8H,1H2,2-3H3. The zero-order chi connectivity index (χ0) is 16.5. The maximum Gasteiger partial charge on any atom is 0.434 e. The molecule has 2 aromatic rings. The Hall–Kier alpha value is -2.57. The van der Waals surface area contributed by atoms with Crippen LogP contribution in [0, 0.1) is 0 Å². The van der Waals surface area contributed by atoms with E-state index in [2.05, 4.69) is 16.3 Å². The van der Waals surface area contributed by atoms with Gasteiger partial charge in [0.15, 0.2) is 5.69 Å². The highest BCUT2D eigenvalue weighted by atomic mass is 19.4. The first-order chi connectivity index (χ1) is 10.3. The Balaban J connectivity index is 2.53. The Morgan fingerprint density at radius 3 is 2.59 bits per heavy atom. The summed E-state index contributed by atoms with van der Waals surface area (Å²) in [4.78, 5) is 15.2. The average molecular weight is 310 g/mol. The summed E-state index contributed by atoms with van der Waals surface area (Å²) in [5, 5.41) is 0. The van der Waals surface area contributed by atoms with E-state index in [9.17, 15) is 18.0 Å². The lowest BCUT2D eigenvalue weighted by molar-refractivity contribution is -0.140. The van der Waals surface area contributed by atoms with E-state index in [-0.39, 0.29) is 11.4 Å². The first-order valence-electron chi connectivity index (χ1n) is 6.23. The van der Waals surface area contributed by atoms with Crippen LogP contribution in [-0.2, 0) is 18.0 Å². The molecule has 1 heterocycles. The molecule has 0 aliphatic carbocycles. The summed E-state index contributed by atoms with van der Waals surface area (Å²) >= 11 is 0. The molecule has 0 bridgehead atoms. The molecular weight excluding hydrogens is 297 g/mol. The van der Waals surface area contributed by atoms with Crippen molar-refractivity contribution in [2.24, 2.45) is 7.05 Å². The van der Waals surface area contributed by atoms with Crippen molar-refractivity contribution < 1.29 is 22.7 Å². The fraction of sp³-hybridized carbons (Fsp3) is 0.200.